The van der Waals surface area contributed by atoms with Crippen LogP contribution in [0.4, 0.5) is 0 Å². The van der Waals surface area contributed by atoms with Crippen LogP contribution in [0.1, 0.15) is 38.3 Å². The quantitative estimate of drug-likeness (QED) is 0.843. The number of thiazole rings is 1. The number of carbonyl (C=O) groups is 1. The summed E-state index contributed by atoms with van der Waals surface area (Å²) in [6, 6.07) is 2.04. The van der Waals surface area contributed by atoms with Gasteiger partial charge in [-0.3, -0.25) is 4.79 Å². The molecular formula is C17H22N2O3S. The predicted octanol–water partition coefficient (Wildman–Crippen LogP) is 3.41. The zero-order valence-corrected chi connectivity index (χ0v) is 14.1. The van der Waals surface area contributed by atoms with Crippen molar-refractivity contribution >= 4 is 17.2 Å². The maximum atomic E-state index is 12.1. The lowest BCUT2D eigenvalue weighted by atomic mass is 10.1. The van der Waals surface area contributed by atoms with Crippen LogP contribution in [0.5, 0.6) is 0 Å². The van der Waals surface area contributed by atoms with Gasteiger partial charge in [0.2, 0.25) is 5.91 Å². The molecule has 3 rings (SSSR count). The number of aromatic nitrogens is 1. The average molecular weight is 334 g/mol. The second kappa shape index (κ2) is 7.75. The molecule has 0 radical (unpaired) electrons. The molecule has 1 saturated heterocycles. The summed E-state index contributed by atoms with van der Waals surface area (Å²) in [5.41, 5.74) is 1.75. The van der Waals surface area contributed by atoms with Crippen molar-refractivity contribution in [2.24, 2.45) is 0 Å². The molecular weight excluding hydrogens is 312 g/mol. The number of carbonyl (C=O) groups excluding carboxylic acids is 1. The van der Waals surface area contributed by atoms with Gasteiger partial charge in [-0.1, -0.05) is 0 Å². The molecule has 6 heteroatoms. The molecule has 0 saturated carbocycles. The molecule has 23 heavy (non-hydrogen) atoms. The van der Waals surface area contributed by atoms with Gasteiger partial charge < -0.3 is 14.5 Å². The molecule has 2 atom stereocenters. The highest BCUT2D eigenvalue weighted by atomic mass is 32.1. The molecule has 0 aliphatic carbocycles. The first kappa shape index (κ1) is 16.2. The van der Waals surface area contributed by atoms with E-state index >= 15 is 0 Å². The third kappa shape index (κ3) is 4.65. The molecule has 1 aliphatic heterocycles. The minimum atomic E-state index is 0.0221. The SMILES string of the molecule is C[C@H](CC[C@@H]1CCCO1)NC(=O)Cc1csc(-c2ccoc2)n1. The summed E-state index contributed by atoms with van der Waals surface area (Å²) in [5.74, 6) is 0.0221. The first-order valence-electron chi connectivity index (χ1n) is 8.08. The van der Waals surface area contributed by atoms with E-state index in [9.17, 15) is 4.79 Å². The third-order valence-electron chi connectivity index (χ3n) is 4.01. The van der Waals surface area contributed by atoms with Crippen LogP contribution in [0.3, 0.4) is 0 Å². The van der Waals surface area contributed by atoms with E-state index in [-0.39, 0.29) is 11.9 Å². The van der Waals surface area contributed by atoms with Gasteiger partial charge in [0.25, 0.3) is 0 Å². The number of rotatable bonds is 7. The molecule has 124 valence electrons. The molecule has 0 aromatic carbocycles. The highest BCUT2D eigenvalue weighted by Crippen LogP contribution is 2.24. The third-order valence-corrected chi connectivity index (χ3v) is 4.95. The van der Waals surface area contributed by atoms with Crippen molar-refractivity contribution in [3.63, 3.8) is 0 Å². The lowest BCUT2D eigenvalue weighted by Gasteiger charge is -2.16. The van der Waals surface area contributed by atoms with E-state index in [1.165, 1.54) is 11.3 Å². The van der Waals surface area contributed by atoms with Gasteiger partial charge in [0.05, 0.1) is 24.5 Å². The van der Waals surface area contributed by atoms with Crippen LogP contribution < -0.4 is 5.32 Å². The second-order valence-electron chi connectivity index (χ2n) is 6.01. The predicted molar refractivity (Wildman–Crippen MR) is 89.3 cm³/mol. The zero-order valence-electron chi connectivity index (χ0n) is 13.3. The van der Waals surface area contributed by atoms with Gasteiger partial charge >= 0.3 is 0 Å². The highest BCUT2D eigenvalue weighted by molar-refractivity contribution is 7.13. The van der Waals surface area contributed by atoms with Crippen molar-refractivity contribution in [3.8, 4) is 10.6 Å². The van der Waals surface area contributed by atoms with E-state index in [0.29, 0.717) is 12.5 Å². The Kier molecular flexibility index (Phi) is 5.46. The maximum absolute atomic E-state index is 12.1. The van der Waals surface area contributed by atoms with Crippen molar-refractivity contribution in [2.75, 3.05) is 6.61 Å². The molecule has 2 aromatic rings. The van der Waals surface area contributed by atoms with Gasteiger partial charge in [-0.05, 0) is 38.7 Å². The second-order valence-corrected chi connectivity index (χ2v) is 6.87. The smallest absolute Gasteiger partial charge is 0.226 e. The summed E-state index contributed by atoms with van der Waals surface area (Å²) < 4.78 is 10.7. The van der Waals surface area contributed by atoms with Crippen molar-refractivity contribution in [1.29, 1.82) is 0 Å². The molecule has 5 nitrogen and oxygen atoms in total. The van der Waals surface area contributed by atoms with Gasteiger partial charge in [0, 0.05) is 23.6 Å². The number of furan rings is 1. The molecule has 0 bridgehead atoms. The number of hydrogen-bond acceptors (Lipinski definition) is 5. The van der Waals surface area contributed by atoms with Crippen LogP contribution in [0, 0.1) is 0 Å². The Morgan fingerprint density at radius 2 is 2.48 bits per heavy atom. The number of nitrogens with zero attached hydrogens (tertiary/aromatic N) is 1. The van der Waals surface area contributed by atoms with Crippen LogP contribution in [-0.2, 0) is 16.0 Å². The van der Waals surface area contributed by atoms with Crippen LogP contribution in [0.25, 0.3) is 10.6 Å². The fraction of sp³-hybridized carbons (Fsp3) is 0.529. The highest BCUT2D eigenvalue weighted by Gasteiger charge is 2.17. The fourth-order valence-electron chi connectivity index (χ4n) is 2.78. The average Bonchev–Trinajstić information content (AvgIpc) is 3.26. The van der Waals surface area contributed by atoms with E-state index in [0.717, 1.165) is 48.6 Å². The van der Waals surface area contributed by atoms with Gasteiger partial charge in [-0.2, -0.15) is 0 Å². The standard InChI is InChI=1S/C17H22N2O3S/c1-12(4-5-15-3-2-7-22-15)18-16(20)9-14-11-23-17(19-14)13-6-8-21-10-13/h6,8,10-12,15H,2-5,7,9H2,1H3,(H,18,20)/t12-,15+/m1/s1. The Morgan fingerprint density at radius 1 is 1.57 bits per heavy atom. The summed E-state index contributed by atoms with van der Waals surface area (Å²) in [5, 5.41) is 5.86. The Balaban J connectivity index is 1.43. The van der Waals surface area contributed by atoms with Crippen LogP contribution in [0.2, 0.25) is 0 Å². The van der Waals surface area contributed by atoms with Crippen molar-refractivity contribution in [3.05, 3.63) is 29.7 Å². The zero-order chi connectivity index (χ0) is 16.1. The van der Waals surface area contributed by atoms with E-state index in [1.807, 2.05) is 18.4 Å². The first-order chi connectivity index (χ1) is 11.2. The topological polar surface area (TPSA) is 64.4 Å². The molecule has 3 heterocycles. The summed E-state index contributed by atoms with van der Waals surface area (Å²) in [7, 11) is 0. The molecule has 2 aromatic heterocycles. The van der Waals surface area contributed by atoms with Gasteiger partial charge in [0.1, 0.15) is 11.3 Å². The van der Waals surface area contributed by atoms with Gasteiger partial charge in [-0.15, -0.1) is 11.3 Å². The number of hydrogen-bond donors (Lipinski definition) is 1. The molecule has 0 spiro atoms. The van der Waals surface area contributed by atoms with Crippen LogP contribution >= 0.6 is 11.3 Å². The number of amides is 1. The van der Waals surface area contributed by atoms with Crippen molar-refractivity contribution < 1.29 is 13.9 Å². The summed E-state index contributed by atoms with van der Waals surface area (Å²) in [6.45, 7) is 2.93. The molecule has 1 amide bonds. The lowest BCUT2D eigenvalue weighted by Crippen LogP contribution is -2.34. The largest absolute Gasteiger partial charge is 0.472 e. The molecule has 1 fully saturated rings. The van der Waals surface area contributed by atoms with E-state index in [2.05, 4.69) is 10.3 Å². The summed E-state index contributed by atoms with van der Waals surface area (Å²) >= 11 is 1.53. The van der Waals surface area contributed by atoms with Gasteiger partial charge in [0.15, 0.2) is 0 Å². The van der Waals surface area contributed by atoms with E-state index in [4.69, 9.17) is 9.15 Å². The molecule has 0 unspecified atom stereocenters. The molecule has 1 N–H and O–H groups in total. The van der Waals surface area contributed by atoms with Crippen molar-refractivity contribution in [1.82, 2.24) is 10.3 Å². The lowest BCUT2D eigenvalue weighted by molar-refractivity contribution is -0.121. The van der Waals surface area contributed by atoms with E-state index < -0.39 is 0 Å². The fourth-order valence-corrected chi connectivity index (χ4v) is 3.58. The Morgan fingerprint density at radius 3 is 3.22 bits per heavy atom. The normalized spacial score (nSPS) is 18.9. The number of nitrogens with one attached hydrogen (secondary N) is 1. The molecule has 1 aliphatic rings. The van der Waals surface area contributed by atoms with Gasteiger partial charge in [-0.25, -0.2) is 4.98 Å². The minimum Gasteiger partial charge on any atom is -0.472 e. The van der Waals surface area contributed by atoms with Crippen LogP contribution in [0.15, 0.2) is 28.4 Å². The first-order valence-corrected chi connectivity index (χ1v) is 8.96. The summed E-state index contributed by atoms with van der Waals surface area (Å²) in [6.07, 6.45) is 8.26. The monoisotopic (exact) mass is 334 g/mol. The number of ether oxygens (including phenoxy) is 1. The van der Waals surface area contributed by atoms with Crippen LogP contribution in [-0.4, -0.2) is 29.6 Å². The van der Waals surface area contributed by atoms with E-state index in [1.54, 1.807) is 12.5 Å². The maximum Gasteiger partial charge on any atom is 0.226 e. The minimum absolute atomic E-state index is 0.0221. The Hall–Kier alpha value is -1.66. The Bertz CT molecular complexity index is 618. The Labute approximate surface area is 140 Å². The van der Waals surface area contributed by atoms with Crippen molar-refractivity contribution in [2.45, 2.75) is 51.2 Å². The summed E-state index contributed by atoms with van der Waals surface area (Å²) in [4.78, 5) is 16.6.